The van der Waals surface area contributed by atoms with Crippen LogP contribution in [-0.2, 0) is 0 Å². The fourth-order valence-corrected chi connectivity index (χ4v) is 0. The van der Waals surface area contributed by atoms with Gasteiger partial charge in [0.25, 0.3) is 0 Å². The molecule has 0 aliphatic carbocycles. The first-order valence-electron chi connectivity index (χ1n) is 0.791. The lowest BCUT2D eigenvalue weighted by Gasteiger charge is -1.95. The number of aliphatic hydroxyl groups is 1. The molecule has 0 saturated carbocycles. The van der Waals surface area contributed by atoms with E-state index < -0.39 is 1.98 Å². The van der Waals surface area contributed by atoms with Crippen LogP contribution in [0.2, 0.25) is 0 Å². The summed E-state index contributed by atoms with van der Waals surface area (Å²) in [5.74, 6) is 0. The highest BCUT2D eigenvalue weighted by Gasteiger charge is 2.08. The molecule has 1 unspecified atom stereocenters. The van der Waals surface area contributed by atoms with Crippen LogP contribution >= 0.6 is 50.1 Å². The Balaban J connectivity index is 3.02. The van der Waals surface area contributed by atoms with Crippen molar-refractivity contribution in [1.29, 1.82) is 0 Å². The Labute approximate surface area is 57.0 Å². The standard InChI is InChI=1S/CHBrClIO/c2-1(3,4)5/h5H. The summed E-state index contributed by atoms with van der Waals surface area (Å²) in [7, 11) is 0. The monoisotopic (exact) mass is 270 g/mol. The van der Waals surface area contributed by atoms with Gasteiger partial charge in [-0.05, 0) is 38.5 Å². The summed E-state index contributed by atoms with van der Waals surface area (Å²) >= 11 is 9.29. The topological polar surface area (TPSA) is 20.2 Å². The summed E-state index contributed by atoms with van der Waals surface area (Å²) in [6.07, 6.45) is 0. The van der Waals surface area contributed by atoms with Crippen LogP contribution in [0.15, 0.2) is 0 Å². The molecule has 0 spiro atoms. The Bertz CT molecular complexity index is 27.1. The van der Waals surface area contributed by atoms with E-state index in [2.05, 4.69) is 15.9 Å². The van der Waals surface area contributed by atoms with E-state index >= 15 is 0 Å². The van der Waals surface area contributed by atoms with Gasteiger partial charge in [0.2, 0.25) is 1.98 Å². The zero-order valence-electron chi connectivity index (χ0n) is 2.08. The minimum Gasteiger partial charge on any atom is -0.358 e. The summed E-state index contributed by atoms with van der Waals surface area (Å²) in [4.78, 5) is 0. The quantitative estimate of drug-likeness (QED) is 0.525. The molecule has 5 heavy (non-hydrogen) atoms. The molecule has 1 N–H and O–H groups in total. The highest BCUT2D eigenvalue weighted by Crippen LogP contribution is 2.26. The van der Waals surface area contributed by atoms with Gasteiger partial charge in [-0.15, -0.1) is 0 Å². The van der Waals surface area contributed by atoms with Crippen LogP contribution in [-0.4, -0.2) is 7.08 Å². The van der Waals surface area contributed by atoms with Crippen molar-refractivity contribution in [2.75, 3.05) is 0 Å². The number of halogens is 3. The fourth-order valence-electron chi connectivity index (χ4n) is 0. The van der Waals surface area contributed by atoms with E-state index in [0.29, 0.717) is 0 Å². The van der Waals surface area contributed by atoms with Gasteiger partial charge in [0.05, 0.1) is 0 Å². The molecule has 0 aromatic carbocycles. The average molecular weight is 271 g/mol. The lowest BCUT2D eigenvalue weighted by atomic mass is 11.7. The molecule has 0 bridgehead atoms. The lowest BCUT2D eigenvalue weighted by molar-refractivity contribution is 0.331. The van der Waals surface area contributed by atoms with Crippen LogP contribution in [0.1, 0.15) is 0 Å². The highest BCUT2D eigenvalue weighted by atomic mass is 127. The van der Waals surface area contributed by atoms with E-state index in [4.69, 9.17) is 16.7 Å². The third kappa shape index (κ3) is 30.7. The smallest absolute Gasteiger partial charge is 0.247 e. The second-order valence-electron chi connectivity index (χ2n) is 0.468. The van der Waals surface area contributed by atoms with Crippen molar-refractivity contribution in [3.05, 3.63) is 0 Å². The fraction of sp³-hybridized carbons (Fsp3) is 1.00. The Hall–Kier alpha value is 1.46. The Kier molecular flexibility index (Phi) is 2.52. The van der Waals surface area contributed by atoms with Crippen LogP contribution in [0.25, 0.3) is 0 Å². The second-order valence-corrected chi connectivity index (χ2v) is 6.30. The summed E-state index contributed by atoms with van der Waals surface area (Å²) in [5.41, 5.74) is 0. The van der Waals surface area contributed by atoms with Gasteiger partial charge in [0.1, 0.15) is 0 Å². The van der Waals surface area contributed by atoms with Gasteiger partial charge in [0.15, 0.2) is 0 Å². The molecule has 0 radical (unpaired) electrons. The number of alkyl halides is 3. The van der Waals surface area contributed by atoms with Crippen LogP contribution in [0.4, 0.5) is 0 Å². The normalized spacial score (nSPS) is 21.6. The summed E-state index contributed by atoms with van der Waals surface area (Å²) in [6.45, 7) is 0. The van der Waals surface area contributed by atoms with Gasteiger partial charge in [-0.1, -0.05) is 11.6 Å². The van der Waals surface area contributed by atoms with E-state index in [1.54, 1.807) is 22.6 Å². The van der Waals surface area contributed by atoms with Gasteiger partial charge >= 0.3 is 0 Å². The maximum atomic E-state index is 8.19. The van der Waals surface area contributed by atoms with Gasteiger partial charge < -0.3 is 5.11 Å². The van der Waals surface area contributed by atoms with E-state index in [9.17, 15) is 0 Å². The first-order chi connectivity index (χ1) is 2.00. The van der Waals surface area contributed by atoms with Crippen molar-refractivity contribution in [2.45, 2.75) is 1.98 Å². The third-order valence-corrected chi connectivity index (χ3v) is 0. The number of rotatable bonds is 0. The van der Waals surface area contributed by atoms with Gasteiger partial charge in [-0.3, -0.25) is 0 Å². The Morgan fingerprint density at radius 3 is 2.00 bits per heavy atom. The molecule has 4 heteroatoms. The summed E-state index contributed by atoms with van der Waals surface area (Å²) in [6, 6.07) is 0. The predicted octanol–water partition coefficient (Wildman–Crippen LogP) is 1.66. The van der Waals surface area contributed by atoms with E-state index in [1.165, 1.54) is 0 Å². The first-order valence-corrected chi connectivity index (χ1v) is 3.04. The molecule has 0 aromatic heterocycles. The zero-order chi connectivity index (χ0) is 4.50. The predicted molar refractivity (Wildman–Crippen MR) is 33.7 cm³/mol. The van der Waals surface area contributed by atoms with Crippen molar-refractivity contribution in [2.24, 2.45) is 0 Å². The molecule has 1 nitrogen and oxygen atoms in total. The molecule has 32 valence electrons. The van der Waals surface area contributed by atoms with Gasteiger partial charge in [-0.25, -0.2) is 0 Å². The second kappa shape index (κ2) is 1.95. The van der Waals surface area contributed by atoms with Crippen molar-refractivity contribution in [3.63, 3.8) is 0 Å². The molecule has 0 amide bonds. The summed E-state index contributed by atoms with van der Waals surface area (Å²) < 4.78 is -1.25. The molecule has 0 aliphatic rings. The van der Waals surface area contributed by atoms with Crippen molar-refractivity contribution < 1.29 is 5.11 Å². The maximum Gasteiger partial charge on any atom is 0.247 e. The maximum absolute atomic E-state index is 8.19. The largest absolute Gasteiger partial charge is 0.358 e. The van der Waals surface area contributed by atoms with Crippen LogP contribution in [0.5, 0.6) is 0 Å². The molecule has 0 saturated heterocycles. The van der Waals surface area contributed by atoms with Crippen LogP contribution in [0, 0.1) is 0 Å². The molecular formula is CHBrClIO. The van der Waals surface area contributed by atoms with Crippen LogP contribution < -0.4 is 0 Å². The molecule has 0 fully saturated rings. The van der Waals surface area contributed by atoms with E-state index in [-0.39, 0.29) is 0 Å². The minimum atomic E-state index is -1.25. The SMILES string of the molecule is OC(Cl)(Br)I. The average Bonchev–Trinajstić information content (AvgIpc) is 0.722. The molecule has 0 heterocycles. The van der Waals surface area contributed by atoms with Crippen molar-refractivity contribution >= 4 is 50.1 Å². The lowest BCUT2D eigenvalue weighted by Crippen LogP contribution is -1.92. The molecule has 0 aromatic rings. The summed E-state index contributed by atoms with van der Waals surface area (Å²) in [5, 5.41) is 8.19. The highest BCUT2D eigenvalue weighted by molar-refractivity contribution is 14.1. The van der Waals surface area contributed by atoms with Crippen molar-refractivity contribution in [3.8, 4) is 0 Å². The zero-order valence-corrected chi connectivity index (χ0v) is 6.58. The van der Waals surface area contributed by atoms with E-state index in [0.717, 1.165) is 0 Å². The van der Waals surface area contributed by atoms with Gasteiger partial charge in [0, 0.05) is 0 Å². The Morgan fingerprint density at radius 1 is 2.00 bits per heavy atom. The molecule has 1 atom stereocenters. The van der Waals surface area contributed by atoms with Crippen molar-refractivity contribution in [1.82, 2.24) is 0 Å². The number of hydrogen-bond donors (Lipinski definition) is 1. The molecular weight excluding hydrogens is 270 g/mol. The first kappa shape index (κ1) is 6.46. The number of hydrogen-bond acceptors (Lipinski definition) is 1. The third-order valence-electron chi connectivity index (χ3n) is 0. The van der Waals surface area contributed by atoms with E-state index in [1.807, 2.05) is 0 Å². The van der Waals surface area contributed by atoms with Gasteiger partial charge in [-0.2, -0.15) is 0 Å². The van der Waals surface area contributed by atoms with Crippen LogP contribution in [0.3, 0.4) is 0 Å². The molecule has 0 rings (SSSR count). The minimum absolute atomic E-state index is 1.25. The Morgan fingerprint density at radius 2 is 2.00 bits per heavy atom. The molecule has 0 aliphatic heterocycles.